The lowest BCUT2D eigenvalue weighted by Crippen LogP contribution is -2.32. The lowest BCUT2D eigenvalue weighted by Gasteiger charge is -2.27. The van der Waals surface area contributed by atoms with Gasteiger partial charge in [0.15, 0.2) is 5.76 Å². The zero-order valence-electron chi connectivity index (χ0n) is 13.1. The molecule has 5 nitrogen and oxygen atoms in total. The third-order valence-corrected chi connectivity index (χ3v) is 4.23. The first-order chi connectivity index (χ1) is 9.61. The number of carbonyl (C=O) groups is 1. The second-order valence-corrected chi connectivity index (χ2v) is 5.73. The van der Waals surface area contributed by atoms with Crippen LogP contribution in [0.15, 0.2) is 4.52 Å². The smallest absolute Gasteiger partial charge is 0.224 e. The van der Waals surface area contributed by atoms with Crippen molar-refractivity contribution >= 4 is 24.0 Å². The summed E-state index contributed by atoms with van der Waals surface area (Å²) >= 11 is 0. The largest absolute Gasteiger partial charge is 0.359 e. The van der Waals surface area contributed by atoms with Crippen molar-refractivity contribution in [2.45, 2.75) is 46.5 Å². The molecule has 6 heteroatoms. The van der Waals surface area contributed by atoms with E-state index in [-0.39, 0.29) is 18.3 Å². The van der Waals surface area contributed by atoms with E-state index in [1.165, 1.54) is 12.8 Å². The highest BCUT2D eigenvalue weighted by Crippen LogP contribution is 2.26. The third-order valence-electron chi connectivity index (χ3n) is 4.23. The van der Waals surface area contributed by atoms with Crippen LogP contribution in [0.5, 0.6) is 0 Å². The van der Waals surface area contributed by atoms with Gasteiger partial charge in [-0.25, -0.2) is 0 Å². The summed E-state index contributed by atoms with van der Waals surface area (Å²) in [5.41, 5.74) is 1.58. The van der Waals surface area contributed by atoms with Gasteiger partial charge < -0.3 is 15.2 Å². The van der Waals surface area contributed by atoms with E-state index in [0.29, 0.717) is 24.0 Å². The number of hydrogen-bond acceptors (Lipinski definition) is 4. The average Bonchev–Trinajstić information content (AvgIpc) is 2.80. The number of halogens is 1. The molecule has 1 unspecified atom stereocenters. The maximum atomic E-state index is 12.2. The Morgan fingerprint density at radius 1 is 1.48 bits per heavy atom. The van der Waals surface area contributed by atoms with Crippen LogP contribution in [-0.2, 0) is 11.2 Å². The topological polar surface area (TPSA) is 67.2 Å². The van der Waals surface area contributed by atoms with Gasteiger partial charge in [-0.2, -0.15) is 0 Å². The van der Waals surface area contributed by atoms with E-state index in [1.54, 1.807) is 0 Å². The minimum absolute atomic E-state index is 0. The Kier molecular flexibility index (Phi) is 7.18. The van der Waals surface area contributed by atoms with Crippen LogP contribution in [0.3, 0.4) is 0 Å². The van der Waals surface area contributed by atoms with E-state index in [4.69, 9.17) is 4.52 Å². The molecule has 1 aromatic heterocycles. The first kappa shape index (κ1) is 18.0. The molecule has 0 aliphatic carbocycles. The monoisotopic (exact) mass is 315 g/mol. The number of anilines is 1. The summed E-state index contributed by atoms with van der Waals surface area (Å²) < 4.78 is 5.14. The van der Waals surface area contributed by atoms with Crippen molar-refractivity contribution in [1.82, 2.24) is 10.5 Å². The second kappa shape index (κ2) is 8.39. The molecule has 1 aromatic rings. The van der Waals surface area contributed by atoms with Crippen molar-refractivity contribution in [3.63, 3.8) is 0 Å². The fourth-order valence-electron chi connectivity index (χ4n) is 2.88. The molecule has 1 amide bonds. The molecule has 0 aromatic carbocycles. The van der Waals surface area contributed by atoms with Crippen LogP contribution in [0.2, 0.25) is 0 Å². The van der Waals surface area contributed by atoms with Gasteiger partial charge in [0.25, 0.3) is 0 Å². The maximum Gasteiger partial charge on any atom is 0.224 e. The van der Waals surface area contributed by atoms with Crippen LogP contribution in [0.1, 0.15) is 44.6 Å². The van der Waals surface area contributed by atoms with Crippen LogP contribution in [0, 0.1) is 18.8 Å². The number of piperidine rings is 1. The molecule has 1 saturated heterocycles. The predicted octanol–water partition coefficient (Wildman–Crippen LogP) is 2.93. The van der Waals surface area contributed by atoms with E-state index in [1.807, 2.05) is 13.8 Å². The third kappa shape index (κ3) is 4.71. The van der Waals surface area contributed by atoms with Crippen LogP contribution in [-0.4, -0.2) is 24.2 Å². The van der Waals surface area contributed by atoms with E-state index in [2.05, 4.69) is 22.7 Å². The molecule has 120 valence electrons. The SMILES string of the molecule is CCc1noc(C)c1NC(=O)CC(C)C1CCNCC1.Cl. The normalized spacial score (nSPS) is 17.1. The Balaban J connectivity index is 0.00000220. The summed E-state index contributed by atoms with van der Waals surface area (Å²) in [4.78, 5) is 12.2. The number of aromatic nitrogens is 1. The van der Waals surface area contributed by atoms with E-state index in [9.17, 15) is 4.79 Å². The zero-order chi connectivity index (χ0) is 14.5. The molecule has 0 radical (unpaired) electrons. The fourth-order valence-corrected chi connectivity index (χ4v) is 2.88. The number of rotatable bonds is 5. The van der Waals surface area contributed by atoms with Gasteiger partial charge in [0.2, 0.25) is 5.91 Å². The molecule has 2 heterocycles. The number of amides is 1. The van der Waals surface area contributed by atoms with Gasteiger partial charge in [-0.1, -0.05) is 19.0 Å². The van der Waals surface area contributed by atoms with Crippen LogP contribution < -0.4 is 10.6 Å². The van der Waals surface area contributed by atoms with Crippen LogP contribution in [0.4, 0.5) is 5.69 Å². The molecule has 21 heavy (non-hydrogen) atoms. The minimum atomic E-state index is 0. The Hall–Kier alpha value is -1.07. The summed E-state index contributed by atoms with van der Waals surface area (Å²) in [6, 6.07) is 0. The van der Waals surface area contributed by atoms with E-state index < -0.39 is 0 Å². The zero-order valence-corrected chi connectivity index (χ0v) is 13.9. The van der Waals surface area contributed by atoms with Crippen molar-refractivity contribution in [3.05, 3.63) is 11.5 Å². The highest BCUT2D eigenvalue weighted by atomic mass is 35.5. The fraction of sp³-hybridized carbons (Fsp3) is 0.733. The van der Waals surface area contributed by atoms with Gasteiger partial charge >= 0.3 is 0 Å². The first-order valence-electron chi connectivity index (χ1n) is 7.57. The van der Waals surface area contributed by atoms with Crippen molar-refractivity contribution < 1.29 is 9.32 Å². The molecule has 1 fully saturated rings. The molecule has 0 saturated carbocycles. The molecule has 1 aliphatic rings. The van der Waals surface area contributed by atoms with Crippen molar-refractivity contribution in [1.29, 1.82) is 0 Å². The van der Waals surface area contributed by atoms with Crippen LogP contribution >= 0.6 is 12.4 Å². The maximum absolute atomic E-state index is 12.2. The van der Waals surface area contributed by atoms with Gasteiger partial charge in [0, 0.05) is 6.42 Å². The summed E-state index contributed by atoms with van der Waals surface area (Å²) in [5, 5.41) is 10.3. The molecule has 1 aliphatic heterocycles. The van der Waals surface area contributed by atoms with E-state index in [0.717, 1.165) is 30.9 Å². The first-order valence-corrected chi connectivity index (χ1v) is 7.57. The lowest BCUT2D eigenvalue weighted by atomic mass is 9.84. The average molecular weight is 316 g/mol. The molecule has 2 N–H and O–H groups in total. The Morgan fingerprint density at radius 3 is 2.76 bits per heavy atom. The number of aryl methyl sites for hydroxylation is 2. The Morgan fingerprint density at radius 2 is 2.14 bits per heavy atom. The number of nitrogens with one attached hydrogen (secondary N) is 2. The van der Waals surface area contributed by atoms with Gasteiger partial charge in [0.05, 0.1) is 0 Å². The summed E-state index contributed by atoms with van der Waals surface area (Å²) in [6.07, 6.45) is 3.66. The van der Waals surface area contributed by atoms with Gasteiger partial charge in [-0.05, 0) is 51.1 Å². The minimum Gasteiger partial charge on any atom is -0.359 e. The molecular formula is C15H26ClN3O2. The van der Waals surface area contributed by atoms with Crippen molar-refractivity contribution in [2.75, 3.05) is 18.4 Å². The quantitative estimate of drug-likeness (QED) is 0.876. The molecule has 0 bridgehead atoms. The molecule has 0 spiro atoms. The standard InChI is InChI=1S/C15H25N3O2.ClH/c1-4-13-15(11(3)20-18-13)17-14(19)9-10(2)12-5-7-16-8-6-12;/h10,12,16H,4-9H2,1-3H3,(H,17,19);1H. The van der Waals surface area contributed by atoms with E-state index >= 15 is 0 Å². The summed E-state index contributed by atoms with van der Waals surface area (Å²) in [6.45, 7) is 8.15. The predicted molar refractivity (Wildman–Crippen MR) is 85.9 cm³/mol. The highest BCUT2D eigenvalue weighted by molar-refractivity contribution is 5.91. The number of hydrogen-bond donors (Lipinski definition) is 2. The number of carbonyl (C=O) groups excluding carboxylic acids is 1. The molecule has 2 rings (SSSR count). The summed E-state index contributed by atoms with van der Waals surface area (Å²) in [5.74, 6) is 1.82. The molecular weight excluding hydrogens is 290 g/mol. The van der Waals surface area contributed by atoms with Gasteiger partial charge in [-0.3, -0.25) is 4.79 Å². The van der Waals surface area contributed by atoms with Gasteiger partial charge in [-0.15, -0.1) is 12.4 Å². The summed E-state index contributed by atoms with van der Waals surface area (Å²) in [7, 11) is 0. The van der Waals surface area contributed by atoms with Gasteiger partial charge in [0.1, 0.15) is 11.4 Å². The Labute approximate surface area is 132 Å². The highest BCUT2D eigenvalue weighted by Gasteiger charge is 2.23. The lowest BCUT2D eigenvalue weighted by molar-refractivity contribution is -0.117. The van der Waals surface area contributed by atoms with Crippen LogP contribution in [0.25, 0.3) is 0 Å². The van der Waals surface area contributed by atoms with Crippen molar-refractivity contribution in [3.8, 4) is 0 Å². The van der Waals surface area contributed by atoms with Crippen molar-refractivity contribution in [2.24, 2.45) is 11.8 Å². The second-order valence-electron chi connectivity index (χ2n) is 5.73. The molecule has 1 atom stereocenters. The number of nitrogens with zero attached hydrogens (tertiary/aromatic N) is 1. The Bertz CT molecular complexity index is 456.